The predicted octanol–water partition coefficient (Wildman–Crippen LogP) is 0.188. The van der Waals surface area contributed by atoms with Crippen LogP contribution in [0.5, 0.6) is 0 Å². The van der Waals surface area contributed by atoms with Crippen molar-refractivity contribution in [1.82, 2.24) is 4.90 Å². The van der Waals surface area contributed by atoms with Gasteiger partial charge in [-0.25, -0.2) is 0 Å². The van der Waals surface area contributed by atoms with E-state index in [2.05, 4.69) is 6.07 Å². The number of primary amides is 1. The van der Waals surface area contributed by atoms with E-state index in [1.807, 2.05) is 13.8 Å². The number of carbonyl (C=O) groups is 2. The highest BCUT2D eigenvalue weighted by Crippen LogP contribution is 2.20. The average molecular weight is 241 g/mol. The van der Waals surface area contributed by atoms with E-state index in [1.54, 1.807) is 0 Å². The molecule has 0 radical (unpaired) electrons. The van der Waals surface area contributed by atoms with Crippen LogP contribution in [0.3, 0.4) is 0 Å². The van der Waals surface area contributed by atoms with Crippen molar-refractivity contribution in [2.75, 3.05) is 19.6 Å². The fourth-order valence-corrected chi connectivity index (χ4v) is 1.43. The van der Waals surface area contributed by atoms with Gasteiger partial charge in [0.1, 0.15) is 0 Å². The molecule has 3 N–H and O–H groups in total. The van der Waals surface area contributed by atoms with Gasteiger partial charge in [-0.1, -0.05) is 0 Å². The Morgan fingerprint density at radius 1 is 1.41 bits per heavy atom. The fourth-order valence-electron chi connectivity index (χ4n) is 1.43. The number of carboxylic acids is 1. The zero-order valence-electron chi connectivity index (χ0n) is 10.3. The number of nitrogens with two attached hydrogens (primary N) is 1. The second-order valence-corrected chi connectivity index (χ2v) is 4.67. The molecule has 17 heavy (non-hydrogen) atoms. The van der Waals surface area contributed by atoms with Gasteiger partial charge < -0.3 is 10.8 Å². The number of amides is 1. The normalized spacial score (nSPS) is 11.2. The van der Waals surface area contributed by atoms with Gasteiger partial charge in [0.15, 0.2) is 0 Å². The largest absolute Gasteiger partial charge is 0.480 e. The standard InChI is InChI=1S/C11H19N3O3/c1-11(2,8-12)4-3-5-14(6-9(13)15)7-10(16)17/h3-7H2,1-2H3,(H2,13,15)(H,16,17). The van der Waals surface area contributed by atoms with Gasteiger partial charge in [0, 0.05) is 0 Å². The topological polar surface area (TPSA) is 107 Å². The molecule has 0 bridgehead atoms. The highest BCUT2D eigenvalue weighted by molar-refractivity contribution is 5.77. The summed E-state index contributed by atoms with van der Waals surface area (Å²) in [5.74, 6) is -1.54. The van der Waals surface area contributed by atoms with Gasteiger partial charge in [-0.3, -0.25) is 14.5 Å². The summed E-state index contributed by atoms with van der Waals surface area (Å²) in [7, 11) is 0. The highest BCUT2D eigenvalue weighted by Gasteiger charge is 2.18. The smallest absolute Gasteiger partial charge is 0.317 e. The van der Waals surface area contributed by atoms with E-state index in [1.165, 1.54) is 4.90 Å². The molecule has 0 atom stereocenters. The van der Waals surface area contributed by atoms with Crippen molar-refractivity contribution in [3.8, 4) is 6.07 Å². The minimum Gasteiger partial charge on any atom is -0.480 e. The number of hydrogen-bond donors (Lipinski definition) is 2. The lowest BCUT2D eigenvalue weighted by atomic mass is 9.90. The summed E-state index contributed by atoms with van der Waals surface area (Å²) in [6.07, 6.45) is 1.31. The van der Waals surface area contributed by atoms with Crippen molar-refractivity contribution < 1.29 is 14.7 Å². The summed E-state index contributed by atoms with van der Waals surface area (Å²) in [6, 6.07) is 2.17. The van der Waals surface area contributed by atoms with E-state index in [4.69, 9.17) is 16.1 Å². The monoisotopic (exact) mass is 241 g/mol. The van der Waals surface area contributed by atoms with Crippen LogP contribution in [0.15, 0.2) is 0 Å². The van der Waals surface area contributed by atoms with E-state index in [9.17, 15) is 9.59 Å². The Morgan fingerprint density at radius 2 is 2.00 bits per heavy atom. The van der Waals surface area contributed by atoms with Crippen LogP contribution in [0, 0.1) is 16.7 Å². The van der Waals surface area contributed by atoms with Crippen LogP contribution < -0.4 is 5.73 Å². The molecule has 0 fully saturated rings. The molecule has 1 amide bonds. The molecule has 0 saturated heterocycles. The quantitative estimate of drug-likeness (QED) is 0.630. The van der Waals surface area contributed by atoms with Gasteiger partial charge in [0.25, 0.3) is 0 Å². The molecule has 0 unspecified atom stereocenters. The van der Waals surface area contributed by atoms with Crippen LogP contribution in [0.2, 0.25) is 0 Å². The molecule has 96 valence electrons. The maximum Gasteiger partial charge on any atom is 0.317 e. The molecule has 0 aromatic heterocycles. The fraction of sp³-hybridized carbons (Fsp3) is 0.727. The van der Waals surface area contributed by atoms with Crippen LogP contribution in [-0.2, 0) is 9.59 Å². The number of carbonyl (C=O) groups excluding carboxylic acids is 1. The molecule has 0 aromatic carbocycles. The Bertz CT molecular complexity index is 304. The lowest BCUT2D eigenvalue weighted by Gasteiger charge is -2.20. The summed E-state index contributed by atoms with van der Waals surface area (Å²) in [5.41, 5.74) is 4.60. The van der Waals surface area contributed by atoms with Crippen molar-refractivity contribution >= 4 is 11.9 Å². The summed E-state index contributed by atoms with van der Waals surface area (Å²) in [6.45, 7) is 3.81. The Labute approximate surface area is 101 Å². The minimum absolute atomic E-state index is 0.0702. The molecule has 0 rings (SSSR count). The molecular weight excluding hydrogens is 222 g/mol. The van der Waals surface area contributed by atoms with E-state index >= 15 is 0 Å². The van der Waals surface area contributed by atoms with Crippen LogP contribution in [0.1, 0.15) is 26.7 Å². The number of hydrogen-bond acceptors (Lipinski definition) is 4. The maximum atomic E-state index is 10.7. The first-order chi connectivity index (χ1) is 7.76. The Balaban J connectivity index is 4.13. The first kappa shape index (κ1) is 15.4. The van der Waals surface area contributed by atoms with Crippen molar-refractivity contribution in [3.63, 3.8) is 0 Å². The van der Waals surface area contributed by atoms with Gasteiger partial charge in [0.05, 0.1) is 24.6 Å². The number of nitriles is 1. The summed E-state index contributed by atoms with van der Waals surface area (Å²) >= 11 is 0. The van der Waals surface area contributed by atoms with Gasteiger partial charge in [0.2, 0.25) is 5.91 Å². The molecule has 6 nitrogen and oxygen atoms in total. The third-order valence-corrected chi connectivity index (χ3v) is 2.32. The van der Waals surface area contributed by atoms with Crippen LogP contribution in [0.4, 0.5) is 0 Å². The van der Waals surface area contributed by atoms with E-state index in [-0.39, 0.29) is 13.1 Å². The second kappa shape index (κ2) is 6.86. The van der Waals surface area contributed by atoms with Gasteiger partial charge in [-0.2, -0.15) is 5.26 Å². The Morgan fingerprint density at radius 3 is 2.41 bits per heavy atom. The second-order valence-electron chi connectivity index (χ2n) is 4.67. The van der Waals surface area contributed by atoms with E-state index < -0.39 is 17.3 Å². The first-order valence-electron chi connectivity index (χ1n) is 5.40. The summed E-state index contributed by atoms with van der Waals surface area (Å²) in [5, 5.41) is 17.5. The van der Waals surface area contributed by atoms with Crippen molar-refractivity contribution in [3.05, 3.63) is 0 Å². The zero-order chi connectivity index (χ0) is 13.5. The average Bonchev–Trinajstić information content (AvgIpc) is 2.15. The number of nitrogens with zero attached hydrogens (tertiary/aromatic N) is 2. The maximum absolute atomic E-state index is 10.7. The zero-order valence-corrected chi connectivity index (χ0v) is 10.3. The minimum atomic E-state index is -0.995. The van der Waals surface area contributed by atoms with Crippen molar-refractivity contribution in [2.24, 2.45) is 11.1 Å². The highest BCUT2D eigenvalue weighted by atomic mass is 16.4. The van der Waals surface area contributed by atoms with Crippen molar-refractivity contribution in [2.45, 2.75) is 26.7 Å². The van der Waals surface area contributed by atoms with E-state index in [0.717, 1.165) is 0 Å². The third kappa shape index (κ3) is 8.22. The summed E-state index contributed by atoms with van der Waals surface area (Å²) in [4.78, 5) is 22.8. The predicted molar refractivity (Wildman–Crippen MR) is 61.9 cm³/mol. The van der Waals surface area contributed by atoms with E-state index in [0.29, 0.717) is 19.4 Å². The molecule has 0 aliphatic heterocycles. The molecule has 0 aliphatic carbocycles. The molecular formula is C11H19N3O3. The molecule has 0 aliphatic rings. The lowest BCUT2D eigenvalue weighted by molar-refractivity contribution is -0.138. The van der Waals surface area contributed by atoms with Gasteiger partial charge >= 0.3 is 5.97 Å². The number of aliphatic carboxylic acids is 1. The number of carboxylic acid groups (broad SMARTS) is 1. The number of rotatable bonds is 8. The Kier molecular flexibility index (Phi) is 6.21. The third-order valence-electron chi connectivity index (χ3n) is 2.32. The lowest BCUT2D eigenvalue weighted by Crippen LogP contribution is -2.38. The van der Waals surface area contributed by atoms with Crippen LogP contribution >= 0.6 is 0 Å². The molecule has 6 heteroatoms. The van der Waals surface area contributed by atoms with Gasteiger partial charge in [-0.05, 0) is 33.2 Å². The van der Waals surface area contributed by atoms with Crippen molar-refractivity contribution in [1.29, 1.82) is 5.26 Å². The van der Waals surface area contributed by atoms with Crippen LogP contribution in [0.25, 0.3) is 0 Å². The molecule has 0 spiro atoms. The molecule has 0 heterocycles. The molecule has 0 aromatic rings. The van der Waals surface area contributed by atoms with Crippen LogP contribution in [-0.4, -0.2) is 41.5 Å². The molecule has 0 saturated carbocycles. The Hall–Kier alpha value is -1.61. The SMILES string of the molecule is CC(C)(C#N)CCCN(CC(N)=O)CC(=O)O. The van der Waals surface area contributed by atoms with Gasteiger partial charge in [-0.15, -0.1) is 0 Å². The first-order valence-corrected chi connectivity index (χ1v) is 5.40. The summed E-state index contributed by atoms with van der Waals surface area (Å²) < 4.78 is 0.